The minimum atomic E-state index is -0.276. The molecule has 1 unspecified atom stereocenters. The SMILES string of the molecule is CN=C(NCc1ccc(-n2ccnc2)c(F)c1)N1CCC(COCCOC)C1.I. The molecule has 1 atom stereocenters. The molecule has 7 nitrogen and oxygen atoms in total. The number of guanidine groups is 1. The fraction of sp³-hybridized carbons (Fsp3) is 0.500. The quantitative estimate of drug-likeness (QED) is 0.253. The Morgan fingerprint density at radius 2 is 2.24 bits per heavy atom. The lowest BCUT2D eigenvalue weighted by molar-refractivity contribution is 0.0536. The van der Waals surface area contributed by atoms with Crippen LogP contribution < -0.4 is 5.32 Å². The molecule has 1 saturated heterocycles. The molecule has 2 aromatic rings. The molecule has 0 saturated carbocycles. The van der Waals surface area contributed by atoms with Crippen LogP contribution in [-0.2, 0) is 16.0 Å². The van der Waals surface area contributed by atoms with E-state index in [9.17, 15) is 4.39 Å². The molecule has 0 aliphatic carbocycles. The highest BCUT2D eigenvalue weighted by atomic mass is 127. The fourth-order valence-corrected chi connectivity index (χ4v) is 3.34. The van der Waals surface area contributed by atoms with Gasteiger partial charge in [0.15, 0.2) is 5.96 Å². The Morgan fingerprint density at radius 3 is 2.93 bits per heavy atom. The number of aromatic nitrogens is 2. The predicted molar refractivity (Wildman–Crippen MR) is 122 cm³/mol. The second-order valence-corrected chi connectivity index (χ2v) is 6.82. The van der Waals surface area contributed by atoms with Crippen LogP contribution in [0.1, 0.15) is 12.0 Å². The van der Waals surface area contributed by atoms with E-state index in [1.807, 2.05) is 6.07 Å². The van der Waals surface area contributed by atoms with E-state index in [4.69, 9.17) is 9.47 Å². The number of rotatable bonds is 8. The predicted octanol–water partition coefficient (Wildman–Crippen LogP) is 2.69. The zero-order chi connectivity index (χ0) is 19.8. The molecule has 160 valence electrons. The van der Waals surface area contributed by atoms with E-state index in [0.717, 1.165) is 37.6 Å². The van der Waals surface area contributed by atoms with Gasteiger partial charge >= 0.3 is 0 Å². The molecule has 1 aliphatic heterocycles. The maximum absolute atomic E-state index is 14.4. The van der Waals surface area contributed by atoms with Crippen LogP contribution in [0.25, 0.3) is 5.69 Å². The van der Waals surface area contributed by atoms with Gasteiger partial charge in [-0.25, -0.2) is 9.37 Å². The van der Waals surface area contributed by atoms with Crippen molar-refractivity contribution in [1.82, 2.24) is 19.8 Å². The average molecular weight is 517 g/mol. The Hall–Kier alpha value is -1.72. The third-order valence-corrected chi connectivity index (χ3v) is 4.83. The van der Waals surface area contributed by atoms with Gasteiger partial charge in [0.05, 0.1) is 31.8 Å². The van der Waals surface area contributed by atoms with Gasteiger partial charge in [0.25, 0.3) is 0 Å². The van der Waals surface area contributed by atoms with Crippen LogP contribution in [0.15, 0.2) is 41.9 Å². The Bertz CT molecular complexity index is 772. The lowest BCUT2D eigenvalue weighted by Gasteiger charge is -2.22. The van der Waals surface area contributed by atoms with Crippen LogP contribution in [0.3, 0.4) is 0 Å². The number of aliphatic imine (C=N–C) groups is 1. The molecule has 3 rings (SSSR count). The van der Waals surface area contributed by atoms with E-state index in [-0.39, 0.29) is 29.8 Å². The van der Waals surface area contributed by atoms with Crippen LogP contribution in [0.4, 0.5) is 4.39 Å². The molecule has 1 aromatic carbocycles. The number of nitrogens with one attached hydrogen (secondary N) is 1. The van der Waals surface area contributed by atoms with Gasteiger partial charge < -0.3 is 24.3 Å². The topological polar surface area (TPSA) is 63.9 Å². The summed E-state index contributed by atoms with van der Waals surface area (Å²) in [4.78, 5) is 10.6. The van der Waals surface area contributed by atoms with Gasteiger partial charge in [-0.3, -0.25) is 4.99 Å². The monoisotopic (exact) mass is 517 g/mol. The van der Waals surface area contributed by atoms with E-state index >= 15 is 0 Å². The lowest BCUT2D eigenvalue weighted by Crippen LogP contribution is -2.39. The standard InChI is InChI=1S/C20H28FN5O2.HI/c1-22-20(25-7-5-17(13-25)14-28-10-9-27-2)24-12-16-3-4-19(18(21)11-16)26-8-6-23-15-26;/h3-4,6,8,11,15,17H,5,7,9-10,12-14H2,1-2H3,(H,22,24);1H. The zero-order valence-electron chi connectivity index (χ0n) is 16.9. The van der Waals surface area contributed by atoms with Crippen LogP contribution in [0, 0.1) is 11.7 Å². The Kier molecular flexibility index (Phi) is 9.82. The largest absolute Gasteiger partial charge is 0.382 e. The number of imidazole rings is 1. The van der Waals surface area contributed by atoms with E-state index in [1.54, 1.807) is 49.6 Å². The molecule has 2 heterocycles. The van der Waals surface area contributed by atoms with Crippen molar-refractivity contribution in [3.8, 4) is 5.69 Å². The Labute approximate surface area is 188 Å². The van der Waals surface area contributed by atoms with E-state index in [1.165, 1.54) is 0 Å². The van der Waals surface area contributed by atoms with Gasteiger partial charge in [-0.05, 0) is 24.1 Å². The number of hydrogen-bond acceptors (Lipinski definition) is 4. The molecule has 1 fully saturated rings. The highest BCUT2D eigenvalue weighted by Crippen LogP contribution is 2.18. The molecule has 29 heavy (non-hydrogen) atoms. The van der Waals surface area contributed by atoms with Crippen molar-refractivity contribution in [2.75, 3.05) is 47.1 Å². The van der Waals surface area contributed by atoms with Gasteiger partial charge in [0.1, 0.15) is 5.82 Å². The first-order valence-corrected chi connectivity index (χ1v) is 9.50. The smallest absolute Gasteiger partial charge is 0.193 e. The second-order valence-electron chi connectivity index (χ2n) is 6.82. The summed E-state index contributed by atoms with van der Waals surface area (Å²) in [6.45, 7) is 4.33. The third kappa shape index (κ3) is 6.65. The van der Waals surface area contributed by atoms with Crippen molar-refractivity contribution in [3.05, 3.63) is 48.3 Å². The molecule has 0 bridgehead atoms. The first kappa shape index (κ1) is 23.6. The third-order valence-electron chi connectivity index (χ3n) is 4.83. The van der Waals surface area contributed by atoms with Crippen LogP contribution in [0.5, 0.6) is 0 Å². The summed E-state index contributed by atoms with van der Waals surface area (Å²) in [5.74, 6) is 1.04. The molecule has 1 aromatic heterocycles. The molecule has 0 radical (unpaired) electrons. The summed E-state index contributed by atoms with van der Waals surface area (Å²) >= 11 is 0. The number of hydrogen-bond donors (Lipinski definition) is 1. The van der Waals surface area contributed by atoms with Crippen molar-refractivity contribution in [2.45, 2.75) is 13.0 Å². The highest BCUT2D eigenvalue weighted by Gasteiger charge is 2.24. The maximum atomic E-state index is 14.4. The van der Waals surface area contributed by atoms with Gasteiger partial charge in [-0.15, -0.1) is 24.0 Å². The van der Waals surface area contributed by atoms with E-state index in [0.29, 0.717) is 31.4 Å². The van der Waals surface area contributed by atoms with Crippen LogP contribution >= 0.6 is 24.0 Å². The molecule has 1 N–H and O–H groups in total. The first-order valence-electron chi connectivity index (χ1n) is 9.50. The number of benzene rings is 1. The number of ether oxygens (including phenoxy) is 2. The summed E-state index contributed by atoms with van der Waals surface area (Å²) in [5, 5.41) is 3.34. The highest BCUT2D eigenvalue weighted by molar-refractivity contribution is 14.0. The van der Waals surface area contributed by atoms with Gasteiger partial charge in [0.2, 0.25) is 0 Å². The number of halogens is 2. The van der Waals surface area contributed by atoms with E-state index < -0.39 is 0 Å². The molecular formula is C20H29FIN5O2. The summed E-state index contributed by atoms with van der Waals surface area (Å²) in [6.07, 6.45) is 6.01. The van der Waals surface area contributed by atoms with Crippen LogP contribution in [0.2, 0.25) is 0 Å². The Morgan fingerprint density at radius 1 is 1.38 bits per heavy atom. The molecule has 0 amide bonds. The van der Waals surface area contributed by atoms with Crippen molar-refractivity contribution in [1.29, 1.82) is 0 Å². The van der Waals surface area contributed by atoms with Crippen molar-refractivity contribution < 1.29 is 13.9 Å². The lowest BCUT2D eigenvalue weighted by atomic mass is 10.1. The summed E-state index contributed by atoms with van der Waals surface area (Å²) in [7, 11) is 3.45. The number of methoxy groups -OCH3 is 1. The minimum Gasteiger partial charge on any atom is -0.382 e. The summed E-state index contributed by atoms with van der Waals surface area (Å²) < 4.78 is 26.7. The molecule has 9 heteroatoms. The zero-order valence-corrected chi connectivity index (χ0v) is 19.2. The maximum Gasteiger partial charge on any atom is 0.193 e. The minimum absolute atomic E-state index is 0. The number of likely N-dealkylation sites (tertiary alicyclic amines) is 1. The molecular weight excluding hydrogens is 488 g/mol. The number of nitrogens with zero attached hydrogens (tertiary/aromatic N) is 4. The first-order chi connectivity index (χ1) is 13.7. The van der Waals surface area contributed by atoms with Gasteiger partial charge in [-0.2, -0.15) is 0 Å². The van der Waals surface area contributed by atoms with Crippen LogP contribution in [-0.4, -0.2) is 67.5 Å². The summed E-state index contributed by atoms with van der Waals surface area (Å²) in [6, 6.07) is 5.22. The summed E-state index contributed by atoms with van der Waals surface area (Å²) in [5.41, 5.74) is 1.35. The Balaban J connectivity index is 0.00000300. The second kappa shape index (κ2) is 12.1. The fourth-order valence-electron chi connectivity index (χ4n) is 3.34. The van der Waals surface area contributed by atoms with Crippen molar-refractivity contribution in [3.63, 3.8) is 0 Å². The van der Waals surface area contributed by atoms with Gasteiger partial charge in [-0.1, -0.05) is 6.07 Å². The molecule has 1 aliphatic rings. The molecule has 0 spiro atoms. The van der Waals surface area contributed by atoms with Crippen molar-refractivity contribution >= 4 is 29.9 Å². The van der Waals surface area contributed by atoms with Crippen molar-refractivity contribution in [2.24, 2.45) is 10.9 Å². The normalized spacial score (nSPS) is 16.7. The van der Waals surface area contributed by atoms with E-state index in [2.05, 4.69) is 20.2 Å². The van der Waals surface area contributed by atoms with Gasteiger partial charge in [0, 0.05) is 52.1 Å². The average Bonchev–Trinajstić information content (AvgIpc) is 3.38.